The monoisotopic (exact) mass is 259 g/mol. The molecule has 1 aromatic carbocycles. The number of nitriles is 1. The highest BCUT2D eigenvalue weighted by molar-refractivity contribution is 5.89. The highest BCUT2D eigenvalue weighted by atomic mass is 16.5. The van der Waals surface area contributed by atoms with Gasteiger partial charge in [0.05, 0.1) is 19.8 Å². The molecule has 0 heterocycles. The van der Waals surface area contributed by atoms with Crippen molar-refractivity contribution >= 4 is 5.78 Å². The van der Waals surface area contributed by atoms with Crippen LogP contribution in [0.1, 0.15) is 25.7 Å². The fourth-order valence-electron chi connectivity index (χ4n) is 2.44. The highest BCUT2D eigenvalue weighted by Crippen LogP contribution is 2.37. The van der Waals surface area contributed by atoms with Gasteiger partial charge in [0.25, 0.3) is 0 Å². The molecule has 0 radical (unpaired) electrons. The van der Waals surface area contributed by atoms with Crippen LogP contribution in [0.5, 0.6) is 11.5 Å². The summed E-state index contributed by atoms with van der Waals surface area (Å²) in [6.45, 7) is 0.347. The predicted molar refractivity (Wildman–Crippen MR) is 70.0 cm³/mol. The van der Waals surface area contributed by atoms with Gasteiger partial charge >= 0.3 is 0 Å². The lowest BCUT2D eigenvalue weighted by atomic mass is 9.84. The zero-order valence-electron chi connectivity index (χ0n) is 11.0. The molecule has 0 aromatic heterocycles. The van der Waals surface area contributed by atoms with E-state index in [0.717, 1.165) is 6.42 Å². The first-order valence-electron chi connectivity index (χ1n) is 6.42. The van der Waals surface area contributed by atoms with Crippen molar-refractivity contribution in [3.63, 3.8) is 0 Å². The number of carbonyl (C=O) groups excluding carboxylic acids is 1. The fourth-order valence-corrected chi connectivity index (χ4v) is 2.44. The molecule has 0 amide bonds. The van der Waals surface area contributed by atoms with Gasteiger partial charge in [-0.3, -0.25) is 4.79 Å². The van der Waals surface area contributed by atoms with Crippen LogP contribution in [-0.4, -0.2) is 19.5 Å². The molecule has 0 bridgehead atoms. The summed E-state index contributed by atoms with van der Waals surface area (Å²) in [7, 11) is 1.58. The van der Waals surface area contributed by atoms with Gasteiger partial charge in [0.2, 0.25) is 0 Å². The van der Waals surface area contributed by atoms with Crippen LogP contribution >= 0.6 is 0 Å². The van der Waals surface area contributed by atoms with Gasteiger partial charge in [-0.15, -0.1) is 0 Å². The number of ketones is 1. The zero-order chi connectivity index (χ0) is 13.7. The van der Waals surface area contributed by atoms with E-state index in [1.165, 1.54) is 0 Å². The van der Waals surface area contributed by atoms with Crippen molar-refractivity contribution in [2.45, 2.75) is 25.7 Å². The number of hydrogen-bond donors (Lipinski definition) is 0. The Bertz CT molecular complexity index is 506. The molecule has 2 rings (SSSR count). The van der Waals surface area contributed by atoms with Crippen LogP contribution in [0.25, 0.3) is 0 Å². The van der Waals surface area contributed by atoms with Gasteiger partial charge in [0.1, 0.15) is 5.41 Å². The van der Waals surface area contributed by atoms with Gasteiger partial charge in [-0.05, 0) is 25.0 Å². The van der Waals surface area contributed by atoms with E-state index in [-0.39, 0.29) is 5.78 Å². The molecule has 1 aromatic rings. The molecule has 0 spiro atoms. The lowest BCUT2D eigenvalue weighted by Crippen LogP contribution is -2.26. The molecule has 1 atom stereocenters. The Morgan fingerprint density at radius 2 is 2.11 bits per heavy atom. The van der Waals surface area contributed by atoms with Crippen molar-refractivity contribution in [3.05, 3.63) is 24.3 Å². The van der Waals surface area contributed by atoms with Gasteiger partial charge in [-0.2, -0.15) is 5.26 Å². The van der Waals surface area contributed by atoms with Crippen LogP contribution in [-0.2, 0) is 4.79 Å². The average molecular weight is 259 g/mol. The molecule has 19 heavy (non-hydrogen) atoms. The number of Topliss-reactive ketones (excluding diaryl/α,β-unsaturated/α-hetero) is 1. The van der Waals surface area contributed by atoms with E-state index >= 15 is 0 Å². The molecule has 1 fully saturated rings. The van der Waals surface area contributed by atoms with Crippen LogP contribution < -0.4 is 9.47 Å². The van der Waals surface area contributed by atoms with Crippen molar-refractivity contribution in [2.24, 2.45) is 5.41 Å². The van der Waals surface area contributed by atoms with E-state index in [1.807, 2.05) is 24.3 Å². The first-order valence-corrected chi connectivity index (χ1v) is 6.42. The van der Waals surface area contributed by atoms with Crippen molar-refractivity contribution in [1.29, 1.82) is 5.26 Å². The molecule has 1 saturated carbocycles. The Morgan fingerprint density at radius 3 is 2.68 bits per heavy atom. The molecule has 4 heteroatoms. The van der Waals surface area contributed by atoms with Gasteiger partial charge in [-0.25, -0.2) is 0 Å². The van der Waals surface area contributed by atoms with Crippen LogP contribution in [0.3, 0.4) is 0 Å². The summed E-state index contributed by atoms with van der Waals surface area (Å²) in [6.07, 6.45) is 2.42. The van der Waals surface area contributed by atoms with E-state index in [9.17, 15) is 10.1 Å². The van der Waals surface area contributed by atoms with Gasteiger partial charge in [0, 0.05) is 12.8 Å². The van der Waals surface area contributed by atoms with E-state index in [4.69, 9.17) is 9.47 Å². The molecule has 4 nitrogen and oxygen atoms in total. The molecule has 0 saturated heterocycles. The Labute approximate surface area is 112 Å². The van der Waals surface area contributed by atoms with Crippen molar-refractivity contribution in [3.8, 4) is 17.6 Å². The maximum absolute atomic E-state index is 11.8. The first kappa shape index (κ1) is 13.4. The summed E-state index contributed by atoms with van der Waals surface area (Å²) in [4.78, 5) is 11.8. The Kier molecular flexibility index (Phi) is 4.06. The zero-order valence-corrected chi connectivity index (χ0v) is 11.0. The number of hydrogen-bond acceptors (Lipinski definition) is 4. The number of para-hydroxylation sites is 2. The summed E-state index contributed by atoms with van der Waals surface area (Å²) in [5.41, 5.74) is -0.831. The third-order valence-corrected chi connectivity index (χ3v) is 3.61. The number of benzene rings is 1. The van der Waals surface area contributed by atoms with Crippen molar-refractivity contribution in [2.75, 3.05) is 13.7 Å². The van der Waals surface area contributed by atoms with Crippen molar-refractivity contribution in [1.82, 2.24) is 0 Å². The number of rotatable bonds is 5. The second kappa shape index (κ2) is 5.75. The van der Waals surface area contributed by atoms with Gasteiger partial charge in [-0.1, -0.05) is 12.1 Å². The average Bonchev–Trinajstić information content (AvgIpc) is 2.81. The molecule has 0 aliphatic heterocycles. The van der Waals surface area contributed by atoms with Crippen LogP contribution in [0, 0.1) is 16.7 Å². The first-order chi connectivity index (χ1) is 9.22. The number of carbonyl (C=O) groups is 1. The fraction of sp³-hybridized carbons (Fsp3) is 0.467. The molecular formula is C15H17NO3. The minimum atomic E-state index is -0.831. The summed E-state index contributed by atoms with van der Waals surface area (Å²) < 4.78 is 10.8. The van der Waals surface area contributed by atoms with Crippen LogP contribution in [0.2, 0.25) is 0 Å². The van der Waals surface area contributed by atoms with E-state index in [0.29, 0.717) is 37.4 Å². The summed E-state index contributed by atoms with van der Waals surface area (Å²) in [5.74, 6) is 1.36. The van der Waals surface area contributed by atoms with E-state index < -0.39 is 5.41 Å². The smallest absolute Gasteiger partial charge is 0.161 e. The van der Waals surface area contributed by atoms with Gasteiger partial charge < -0.3 is 9.47 Å². The van der Waals surface area contributed by atoms with E-state index in [2.05, 4.69) is 6.07 Å². The molecule has 1 aliphatic rings. The Morgan fingerprint density at radius 1 is 1.37 bits per heavy atom. The number of ether oxygens (including phenoxy) is 2. The second-order valence-corrected chi connectivity index (χ2v) is 4.72. The summed E-state index contributed by atoms with van der Waals surface area (Å²) in [5, 5.41) is 9.23. The van der Waals surface area contributed by atoms with Crippen LogP contribution in [0.15, 0.2) is 24.3 Å². The molecule has 0 N–H and O–H groups in total. The minimum Gasteiger partial charge on any atom is -0.493 e. The predicted octanol–water partition coefficient (Wildman–Crippen LogP) is 2.73. The number of nitrogens with zero attached hydrogens (tertiary/aromatic N) is 1. The molecule has 1 unspecified atom stereocenters. The number of methoxy groups -OCH3 is 1. The Hall–Kier alpha value is -2.02. The SMILES string of the molecule is COc1ccccc1OCCC1(C#N)CCCC1=O. The van der Waals surface area contributed by atoms with Crippen molar-refractivity contribution < 1.29 is 14.3 Å². The van der Waals surface area contributed by atoms with E-state index in [1.54, 1.807) is 7.11 Å². The third kappa shape index (κ3) is 2.70. The lowest BCUT2D eigenvalue weighted by Gasteiger charge is -2.19. The normalized spacial score (nSPS) is 22.0. The van der Waals surface area contributed by atoms with Crippen LogP contribution in [0.4, 0.5) is 0 Å². The lowest BCUT2D eigenvalue weighted by molar-refractivity contribution is -0.123. The standard InChI is InChI=1S/C15H17NO3/c1-18-12-5-2-3-6-13(12)19-10-9-15(11-16)8-4-7-14(15)17/h2-3,5-6H,4,7-10H2,1H3. The topological polar surface area (TPSA) is 59.3 Å². The highest BCUT2D eigenvalue weighted by Gasteiger charge is 2.42. The van der Waals surface area contributed by atoms with Gasteiger partial charge in [0.15, 0.2) is 17.3 Å². The second-order valence-electron chi connectivity index (χ2n) is 4.72. The Balaban J connectivity index is 1.97. The maximum atomic E-state index is 11.8. The third-order valence-electron chi connectivity index (χ3n) is 3.61. The molecular weight excluding hydrogens is 242 g/mol. The maximum Gasteiger partial charge on any atom is 0.161 e. The largest absolute Gasteiger partial charge is 0.493 e. The molecule has 100 valence electrons. The molecule has 1 aliphatic carbocycles. The summed E-state index contributed by atoms with van der Waals surface area (Å²) >= 11 is 0. The summed E-state index contributed by atoms with van der Waals surface area (Å²) in [6, 6.07) is 9.53. The quantitative estimate of drug-likeness (QED) is 0.815. The minimum absolute atomic E-state index is 0.0543.